The van der Waals surface area contributed by atoms with Crippen LogP contribution in [-0.4, -0.2) is 88.4 Å². The van der Waals surface area contributed by atoms with Gasteiger partial charge in [-0.25, -0.2) is 0 Å². The quantitative estimate of drug-likeness (QED) is 0.629. The highest BCUT2D eigenvalue weighted by Gasteiger charge is 2.27. The molecule has 0 aromatic rings. The first-order valence-electron chi connectivity index (χ1n) is 8.04. The SMILES string of the molecule is COC(OC)C(=O)N1CCN(CCO[C@@H]2CCCCO2)CC1. The third kappa shape index (κ3) is 5.17. The summed E-state index contributed by atoms with van der Waals surface area (Å²) in [7, 11) is 2.96. The molecule has 7 heteroatoms. The molecule has 1 atom stereocenters. The molecule has 0 bridgehead atoms. The molecule has 0 N–H and O–H groups in total. The van der Waals surface area contributed by atoms with Crippen molar-refractivity contribution < 1.29 is 23.7 Å². The zero-order valence-corrected chi connectivity index (χ0v) is 13.7. The molecule has 0 saturated carbocycles. The number of amides is 1. The normalized spacial score (nSPS) is 24.0. The van der Waals surface area contributed by atoms with Crippen LogP contribution in [0.5, 0.6) is 0 Å². The van der Waals surface area contributed by atoms with E-state index < -0.39 is 6.29 Å². The number of hydrogen-bond acceptors (Lipinski definition) is 6. The van der Waals surface area contributed by atoms with E-state index in [1.54, 1.807) is 4.90 Å². The minimum absolute atomic E-state index is 0.0271. The van der Waals surface area contributed by atoms with Crippen LogP contribution in [0.1, 0.15) is 19.3 Å². The summed E-state index contributed by atoms with van der Waals surface area (Å²) in [5.74, 6) is -0.100. The van der Waals surface area contributed by atoms with Crippen molar-refractivity contribution in [1.29, 1.82) is 0 Å². The average Bonchev–Trinajstić information content (AvgIpc) is 2.57. The van der Waals surface area contributed by atoms with Crippen LogP contribution in [0, 0.1) is 0 Å². The smallest absolute Gasteiger partial charge is 0.279 e. The van der Waals surface area contributed by atoms with Gasteiger partial charge in [-0.05, 0) is 19.3 Å². The summed E-state index contributed by atoms with van der Waals surface area (Å²) < 4.78 is 21.3. The number of ether oxygens (including phenoxy) is 4. The lowest BCUT2D eigenvalue weighted by molar-refractivity contribution is -0.173. The van der Waals surface area contributed by atoms with E-state index in [1.165, 1.54) is 20.6 Å². The molecule has 2 aliphatic heterocycles. The minimum Gasteiger partial charge on any atom is -0.353 e. The van der Waals surface area contributed by atoms with Crippen LogP contribution in [0.3, 0.4) is 0 Å². The summed E-state index contributed by atoms with van der Waals surface area (Å²) >= 11 is 0. The highest BCUT2D eigenvalue weighted by molar-refractivity contribution is 5.79. The van der Waals surface area contributed by atoms with E-state index in [9.17, 15) is 4.79 Å². The maximum atomic E-state index is 12.1. The van der Waals surface area contributed by atoms with Gasteiger partial charge in [-0.3, -0.25) is 9.69 Å². The largest absolute Gasteiger partial charge is 0.353 e. The summed E-state index contributed by atoms with van der Waals surface area (Å²) in [5, 5.41) is 0. The Hall–Kier alpha value is -0.730. The number of rotatable bonds is 7. The lowest BCUT2D eigenvalue weighted by atomic mass is 10.2. The number of piperazine rings is 1. The predicted molar refractivity (Wildman–Crippen MR) is 80.4 cm³/mol. The predicted octanol–water partition coefficient (Wildman–Crippen LogP) is 0.293. The van der Waals surface area contributed by atoms with Gasteiger partial charge < -0.3 is 23.8 Å². The molecule has 2 rings (SSSR count). The van der Waals surface area contributed by atoms with E-state index in [0.29, 0.717) is 19.7 Å². The minimum atomic E-state index is -0.793. The molecule has 0 aromatic carbocycles. The Morgan fingerprint density at radius 3 is 2.50 bits per heavy atom. The van der Waals surface area contributed by atoms with Gasteiger partial charge in [-0.15, -0.1) is 0 Å². The van der Waals surface area contributed by atoms with Gasteiger partial charge in [0.1, 0.15) is 0 Å². The number of carbonyl (C=O) groups excluding carboxylic acids is 1. The number of hydrogen-bond donors (Lipinski definition) is 0. The molecule has 0 aliphatic carbocycles. The highest BCUT2D eigenvalue weighted by atomic mass is 16.7. The lowest BCUT2D eigenvalue weighted by Crippen LogP contribution is -2.52. The molecule has 2 aliphatic rings. The Balaban J connectivity index is 1.61. The Morgan fingerprint density at radius 1 is 1.18 bits per heavy atom. The van der Waals surface area contributed by atoms with Gasteiger partial charge in [-0.1, -0.05) is 0 Å². The van der Waals surface area contributed by atoms with Crippen molar-refractivity contribution in [3.8, 4) is 0 Å². The van der Waals surface area contributed by atoms with E-state index in [-0.39, 0.29) is 12.2 Å². The number of nitrogens with zero attached hydrogens (tertiary/aromatic N) is 2. The Bertz CT molecular complexity index is 324. The molecule has 0 aromatic heterocycles. The maximum absolute atomic E-state index is 12.1. The van der Waals surface area contributed by atoms with Crippen molar-refractivity contribution in [3.63, 3.8) is 0 Å². The summed E-state index contributed by atoms with van der Waals surface area (Å²) in [6, 6.07) is 0. The molecule has 2 saturated heterocycles. The van der Waals surface area contributed by atoms with Crippen molar-refractivity contribution in [2.75, 3.05) is 60.2 Å². The standard InChI is InChI=1S/C15H28N2O5/c1-19-15(20-2)14(18)17-8-6-16(7-9-17)10-12-22-13-5-3-4-11-21-13/h13,15H,3-12H2,1-2H3/t13-/m1/s1. The average molecular weight is 316 g/mol. The van der Waals surface area contributed by atoms with E-state index in [4.69, 9.17) is 18.9 Å². The fourth-order valence-corrected chi connectivity index (χ4v) is 2.79. The van der Waals surface area contributed by atoms with Crippen molar-refractivity contribution in [2.24, 2.45) is 0 Å². The molecular weight excluding hydrogens is 288 g/mol. The van der Waals surface area contributed by atoms with Gasteiger partial charge in [-0.2, -0.15) is 0 Å². The second-order valence-corrected chi connectivity index (χ2v) is 5.64. The lowest BCUT2D eigenvalue weighted by Gasteiger charge is -2.36. The third-order valence-electron chi connectivity index (χ3n) is 4.16. The second-order valence-electron chi connectivity index (χ2n) is 5.64. The van der Waals surface area contributed by atoms with Gasteiger partial charge in [0, 0.05) is 53.6 Å². The zero-order valence-electron chi connectivity index (χ0n) is 13.7. The molecule has 22 heavy (non-hydrogen) atoms. The summed E-state index contributed by atoms with van der Waals surface area (Å²) in [4.78, 5) is 16.2. The topological polar surface area (TPSA) is 60.5 Å². The Morgan fingerprint density at radius 2 is 1.91 bits per heavy atom. The summed E-state index contributed by atoms with van der Waals surface area (Å²) in [6.07, 6.45) is 2.50. The Kier molecular flexibility index (Phi) is 7.54. The molecule has 0 radical (unpaired) electrons. The Labute approximate surface area is 132 Å². The first-order valence-corrected chi connectivity index (χ1v) is 8.04. The van der Waals surface area contributed by atoms with Crippen LogP contribution in [0.25, 0.3) is 0 Å². The monoisotopic (exact) mass is 316 g/mol. The fraction of sp³-hybridized carbons (Fsp3) is 0.933. The van der Waals surface area contributed by atoms with E-state index in [2.05, 4.69) is 4.90 Å². The van der Waals surface area contributed by atoms with Crippen LogP contribution in [0.4, 0.5) is 0 Å². The van der Waals surface area contributed by atoms with Gasteiger partial charge >= 0.3 is 0 Å². The molecule has 2 fully saturated rings. The molecule has 7 nitrogen and oxygen atoms in total. The van der Waals surface area contributed by atoms with Gasteiger partial charge in [0.15, 0.2) is 6.29 Å². The van der Waals surface area contributed by atoms with Crippen molar-refractivity contribution >= 4 is 5.91 Å². The number of carbonyl (C=O) groups is 1. The van der Waals surface area contributed by atoms with Crippen LogP contribution in [0.2, 0.25) is 0 Å². The zero-order chi connectivity index (χ0) is 15.8. The summed E-state index contributed by atoms with van der Waals surface area (Å²) in [6.45, 7) is 5.45. The summed E-state index contributed by atoms with van der Waals surface area (Å²) in [5.41, 5.74) is 0. The fourth-order valence-electron chi connectivity index (χ4n) is 2.79. The van der Waals surface area contributed by atoms with Crippen LogP contribution in [-0.2, 0) is 23.7 Å². The first-order chi connectivity index (χ1) is 10.7. The van der Waals surface area contributed by atoms with Gasteiger partial charge in [0.25, 0.3) is 5.91 Å². The van der Waals surface area contributed by atoms with Crippen LogP contribution < -0.4 is 0 Å². The van der Waals surface area contributed by atoms with Crippen molar-refractivity contribution in [2.45, 2.75) is 31.8 Å². The first kappa shape index (κ1) is 17.6. The van der Waals surface area contributed by atoms with Crippen LogP contribution >= 0.6 is 0 Å². The van der Waals surface area contributed by atoms with Crippen LogP contribution in [0.15, 0.2) is 0 Å². The van der Waals surface area contributed by atoms with Gasteiger partial charge in [0.2, 0.25) is 6.29 Å². The molecule has 0 unspecified atom stereocenters. The van der Waals surface area contributed by atoms with E-state index >= 15 is 0 Å². The number of methoxy groups -OCH3 is 2. The van der Waals surface area contributed by atoms with Gasteiger partial charge in [0.05, 0.1) is 6.61 Å². The second kappa shape index (κ2) is 9.42. The third-order valence-corrected chi connectivity index (χ3v) is 4.16. The molecule has 0 spiro atoms. The highest BCUT2D eigenvalue weighted by Crippen LogP contribution is 2.13. The van der Waals surface area contributed by atoms with Crippen molar-refractivity contribution in [1.82, 2.24) is 9.80 Å². The maximum Gasteiger partial charge on any atom is 0.279 e. The van der Waals surface area contributed by atoms with E-state index in [1.807, 2.05) is 0 Å². The van der Waals surface area contributed by atoms with Crippen molar-refractivity contribution in [3.05, 3.63) is 0 Å². The molecule has 128 valence electrons. The van der Waals surface area contributed by atoms with E-state index in [0.717, 1.165) is 39.1 Å². The molecule has 1 amide bonds. The molecular formula is C15H28N2O5. The molecule has 2 heterocycles.